The molecule has 0 saturated carbocycles. The molecule has 0 bridgehead atoms. The van der Waals surface area contributed by atoms with E-state index >= 15 is 0 Å². The van der Waals surface area contributed by atoms with Crippen LogP contribution in [0.5, 0.6) is 11.5 Å². The lowest BCUT2D eigenvalue weighted by molar-refractivity contribution is -0.115. The van der Waals surface area contributed by atoms with Crippen LogP contribution in [0.3, 0.4) is 0 Å². The summed E-state index contributed by atoms with van der Waals surface area (Å²) in [5.74, 6) is 1.09. The van der Waals surface area contributed by atoms with Crippen molar-refractivity contribution in [1.82, 2.24) is 10.6 Å². The third-order valence-electron chi connectivity index (χ3n) is 4.70. The second-order valence-corrected chi connectivity index (χ2v) is 6.75. The van der Waals surface area contributed by atoms with E-state index in [1.165, 1.54) is 0 Å². The first-order valence-electron chi connectivity index (χ1n) is 9.24. The van der Waals surface area contributed by atoms with Crippen molar-refractivity contribution < 1.29 is 19.1 Å². The number of carbonyl (C=O) groups excluding carboxylic acids is 2. The van der Waals surface area contributed by atoms with E-state index in [4.69, 9.17) is 9.47 Å². The molecule has 0 saturated heterocycles. The fourth-order valence-electron chi connectivity index (χ4n) is 2.90. The Morgan fingerprint density at radius 3 is 2.61 bits per heavy atom. The largest absolute Gasteiger partial charge is 0.486 e. The number of nitrogens with one attached hydrogen (secondary N) is 3. The highest BCUT2D eigenvalue weighted by molar-refractivity contribution is 5.95. The van der Waals surface area contributed by atoms with E-state index < -0.39 is 6.03 Å². The van der Waals surface area contributed by atoms with Crippen LogP contribution in [0.25, 0.3) is 0 Å². The number of carbonyl (C=O) groups is 2. The number of urea groups is 1. The molecule has 148 valence electrons. The Bertz CT molecular complexity index is 882. The molecule has 0 aliphatic carbocycles. The molecule has 2 aromatic carbocycles. The fraction of sp³-hybridized carbons (Fsp3) is 0.333. The highest BCUT2D eigenvalue weighted by atomic mass is 16.6. The quantitative estimate of drug-likeness (QED) is 0.740. The van der Waals surface area contributed by atoms with Crippen LogP contribution in [0.15, 0.2) is 36.4 Å². The first-order valence-corrected chi connectivity index (χ1v) is 9.24. The van der Waals surface area contributed by atoms with E-state index in [0.29, 0.717) is 24.7 Å². The van der Waals surface area contributed by atoms with Crippen LogP contribution in [0.1, 0.15) is 29.7 Å². The van der Waals surface area contributed by atoms with Gasteiger partial charge in [0.05, 0.1) is 12.6 Å². The smallest absolute Gasteiger partial charge is 0.315 e. The van der Waals surface area contributed by atoms with Gasteiger partial charge in [0.15, 0.2) is 11.5 Å². The number of amides is 3. The molecular weight excluding hydrogens is 358 g/mol. The van der Waals surface area contributed by atoms with Gasteiger partial charge in [0, 0.05) is 5.69 Å². The molecule has 0 spiro atoms. The van der Waals surface area contributed by atoms with Crippen molar-refractivity contribution in [1.29, 1.82) is 0 Å². The average molecular weight is 383 g/mol. The van der Waals surface area contributed by atoms with Gasteiger partial charge >= 0.3 is 6.03 Å². The summed E-state index contributed by atoms with van der Waals surface area (Å²) in [7, 11) is 0. The van der Waals surface area contributed by atoms with Crippen molar-refractivity contribution in [3.05, 3.63) is 53.1 Å². The minimum absolute atomic E-state index is 0.118. The number of aryl methyl sites for hydroxylation is 1. The van der Waals surface area contributed by atoms with Crippen LogP contribution >= 0.6 is 0 Å². The van der Waals surface area contributed by atoms with Crippen molar-refractivity contribution >= 4 is 17.6 Å². The third-order valence-corrected chi connectivity index (χ3v) is 4.70. The Labute approximate surface area is 164 Å². The normalized spacial score (nSPS) is 13.4. The zero-order chi connectivity index (χ0) is 20.1. The summed E-state index contributed by atoms with van der Waals surface area (Å²) in [5, 5.41) is 8.21. The van der Waals surface area contributed by atoms with Gasteiger partial charge in [-0.15, -0.1) is 0 Å². The Balaban J connectivity index is 1.49. The van der Waals surface area contributed by atoms with E-state index in [1.54, 1.807) is 0 Å². The van der Waals surface area contributed by atoms with Crippen LogP contribution < -0.4 is 25.4 Å². The van der Waals surface area contributed by atoms with E-state index in [9.17, 15) is 9.59 Å². The summed E-state index contributed by atoms with van der Waals surface area (Å²) < 4.78 is 11.1. The Morgan fingerprint density at radius 1 is 1.07 bits per heavy atom. The molecule has 28 heavy (non-hydrogen) atoms. The van der Waals surface area contributed by atoms with E-state index in [0.717, 1.165) is 22.4 Å². The SMILES string of the molecule is Cc1cccc(NC(=O)CNC(=O)N[C@@H](C)c2ccc3c(c2)OCCO3)c1C. The van der Waals surface area contributed by atoms with Crippen molar-refractivity contribution in [3.8, 4) is 11.5 Å². The zero-order valence-electron chi connectivity index (χ0n) is 16.3. The van der Waals surface area contributed by atoms with E-state index in [1.807, 2.05) is 57.2 Å². The Hall–Kier alpha value is -3.22. The third kappa shape index (κ3) is 4.73. The number of hydrogen-bond acceptors (Lipinski definition) is 4. The number of rotatable bonds is 5. The maximum absolute atomic E-state index is 12.1. The van der Waals surface area contributed by atoms with Gasteiger partial charge in [0.25, 0.3) is 0 Å². The number of benzene rings is 2. The summed E-state index contributed by atoms with van der Waals surface area (Å²) in [6.45, 7) is 6.71. The molecule has 1 aliphatic heterocycles. The summed E-state index contributed by atoms with van der Waals surface area (Å²) in [4.78, 5) is 24.2. The molecule has 3 N–H and O–H groups in total. The van der Waals surface area contributed by atoms with Gasteiger partial charge in [-0.3, -0.25) is 4.79 Å². The number of ether oxygens (including phenoxy) is 2. The topological polar surface area (TPSA) is 88.7 Å². The molecule has 1 atom stereocenters. The van der Waals surface area contributed by atoms with Gasteiger partial charge in [-0.2, -0.15) is 0 Å². The molecule has 7 heteroatoms. The minimum atomic E-state index is -0.418. The molecule has 0 fully saturated rings. The van der Waals surface area contributed by atoms with Gasteiger partial charge in [-0.05, 0) is 55.7 Å². The van der Waals surface area contributed by atoms with Crippen LogP contribution in [0.4, 0.5) is 10.5 Å². The van der Waals surface area contributed by atoms with Crippen LogP contribution in [-0.4, -0.2) is 31.7 Å². The van der Waals surface area contributed by atoms with Crippen LogP contribution in [0.2, 0.25) is 0 Å². The lowest BCUT2D eigenvalue weighted by Crippen LogP contribution is -2.41. The Kier molecular flexibility index (Phi) is 6.03. The van der Waals surface area contributed by atoms with Crippen molar-refractivity contribution in [3.63, 3.8) is 0 Å². The van der Waals surface area contributed by atoms with Gasteiger partial charge in [-0.25, -0.2) is 4.79 Å². The predicted octanol–water partition coefficient (Wildman–Crippen LogP) is 3.07. The fourth-order valence-corrected chi connectivity index (χ4v) is 2.90. The molecule has 0 aromatic heterocycles. The number of fused-ring (bicyclic) bond motifs is 1. The maximum Gasteiger partial charge on any atom is 0.315 e. The maximum atomic E-state index is 12.1. The summed E-state index contributed by atoms with van der Waals surface area (Å²) in [5.41, 5.74) is 3.74. The zero-order valence-corrected chi connectivity index (χ0v) is 16.3. The highest BCUT2D eigenvalue weighted by Crippen LogP contribution is 2.32. The van der Waals surface area contributed by atoms with Crippen LogP contribution in [0, 0.1) is 13.8 Å². The average Bonchev–Trinajstić information content (AvgIpc) is 2.69. The monoisotopic (exact) mass is 383 g/mol. The van der Waals surface area contributed by atoms with Gasteiger partial charge in [0.1, 0.15) is 13.2 Å². The second-order valence-electron chi connectivity index (χ2n) is 6.75. The highest BCUT2D eigenvalue weighted by Gasteiger charge is 2.16. The Morgan fingerprint density at radius 2 is 1.82 bits per heavy atom. The van der Waals surface area contributed by atoms with Crippen molar-refractivity contribution in [2.24, 2.45) is 0 Å². The van der Waals surface area contributed by atoms with Gasteiger partial charge in [0.2, 0.25) is 5.91 Å². The van der Waals surface area contributed by atoms with Gasteiger partial charge < -0.3 is 25.4 Å². The van der Waals surface area contributed by atoms with Gasteiger partial charge in [-0.1, -0.05) is 18.2 Å². The first-order chi connectivity index (χ1) is 13.4. The predicted molar refractivity (Wildman–Crippen MR) is 107 cm³/mol. The molecule has 2 aromatic rings. The molecule has 1 heterocycles. The lowest BCUT2D eigenvalue weighted by atomic mass is 10.1. The summed E-state index contributed by atoms with van der Waals surface area (Å²) in [6, 6.07) is 10.6. The summed E-state index contributed by atoms with van der Waals surface area (Å²) in [6.07, 6.45) is 0. The molecule has 3 amide bonds. The van der Waals surface area contributed by atoms with Crippen LogP contribution in [-0.2, 0) is 4.79 Å². The standard InChI is InChI=1S/C21H25N3O4/c1-13-5-4-6-17(14(13)2)24-20(25)12-22-21(26)23-15(3)16-7-8-18-19(11-16)28-10-9-27-18/h4-8,11,15H,9-10,12H2,1-3H3,(H,24,25)(H2,22,23,26)/t15-/m0/s1. The second kappa shape index (κ2) is 8.65. The van der Waals surface area contributed by atoms with E-state index in [-0.39, 0.29) is 18.5 Å². The summed E-state index contributed by atoms with van der Waals surface area (Å²) >= 11 is 0. The van der Waals surface area contributed by atoms with Crippen molar-refractivity contribution in [2.75, 3.05) is 25.1 Å². The van der Waals surface area contributed by atoms with E-state index in [2.05, 4.69) is 16.0 Å². The number of anilines is 1. The molecule has 0 unspecified atom stereocenters. The lowest BCUT2D eigenvalue weighted by Gasteiger charge is -2.21. The minimum Gasteiger partial charge on any atom is -0.486 e. The molecule has 0 radical (unpaired) electrons. The number of hydrogen-bond donors (Lipinski definition) is 3. The van der Waals surface area contributed by atoms with Crippen molar-refractivity contribution in [2.45, 2.75) is 26.8 Å². The molecule has 7 nitrogen and oxygen atoms in total. The molecular formula is C21H25N3O4. The molecule has 1 aliphatic rings. The first kappa shape index (κ1) is 19.5. The molecule has 3 rings (SSSR count).